The monoisotopic (exact) mass is 587 g/mol. The molecule has 2 amide bonds. The van der Waals surface area contributed by atoms with Gasteiger partial charge in [0.2, 0.25) is 5.91 Å². The molecule has 0 spiro atoms. The number of hydrogen-bond acceptors (Lipinski definition) is 5. The first kappa shape index (κ1) is 28.9. The molecular formula is C32H34ClN5O2S. The van der Waals surface area contributed by atoms with Gasteiger partial charge in [-0.05, 0) is 73.9 Å². The normalized spacial score (nSPS) is 15.2. The Balaban J connectivity index is 1.16. The number of benzene rings is 3. The molecule has 1 atom stereocenters. The minimum Gasteiger partial charge on any atom is -0.339 e. The van der Waals surface area contributed by atoms with Crippen LogP contribution in [0.4, 0.5) is 0 Å². The summed E-state index contributed by atoms with van der Waals surface area (Å²) in [5.74, 6) is 1.64. The van der Waals surface area contributed by atoms with Crippen molar-refractivity contribution in [3.63, 3.8) is 0 Å². The molecule has 0 N–H and O–H groups in total. The average Bonchev–Trinajstić information content (AvgIpc) is 3.43. The van der Waals surface area contributed by atoms with Crippen LogP contribution in [0.3, 0.4) is 0 Å². The van der Waals surface area contributed by atoms with Gasteiger partial charge in [-0.15, -0.1) is 10.2 Å². The number of carbonyl (C=O) groups is 2. The molecule has 1 aliphatic heterocycles. The summed E-state index contributed by atoms with van der Waals surface area (Å²) in [6, 6.07) is 25.4. The molecule has 4 aromatic rings. The lowest BCUT2D eigenvalue weighted by molar-refractivity contribution is -0.133. The van der Waals surface area contributed by atoms with Crippen molar-refractivity contribution in [1.29, 1.82) is 0 Å². The number of hydrogen-bond donors (Lipinski definition) is 0. The third-order valence-electron chi connectivity index (χ3n) is 7.37. The van der Waals surface area contributed by atoms with Crippen molar-refractivity contribution in [2.75, 3.05) is 25.4 Å². The van der Waals surface area contributed by atoms with Gasteiger partial charge in [-0.25, -0.2) is 0 Å². The Kier molecular flexibility index (Phi) is 9.42. The van der Waals surface area contributed by atoms with Crippen molar-refractivity contribution in [2.45, 2.75) is 44.3 Å². The molecule has 212 valence electrons. The van der Waals surface area contributed by atoms with Crippen molar-refractivity contribution in [2.24, 2.45) is 0 Å². The van der Waals surface area contributed by atoms with Crippen LogP contribution in [-0.2, 0) is 11.2 Å². The first-order chi connectivity index (χ1) is 19.9. The van der Waals surface area contributed by atoms with Crippen LogP contribution in [0.2, 0.25) is 5.02 Å². The van der Waals surface area contributed by atoms with Gasteiger partial charge in [0, 0.05) is 59.7 Å². The molecule has 0 aliphatic carbocycles. The highest BCUT2D eigenvalue weighted by molar-refractivity contribution is 7.99. The predicted molar refractivity (Wildman–Crippen MR) is 165 cm³/mol. The minimum atomic E-state index is -0.0314. The quantitative estimate of drug-likeness (QED) is 0.167. The molecule has 41 heavy (non-hydrogen) atoms. The summed E-state index contributed by atoms with van der Waals surface area (Å²) in [7, 11) is 0. The highest BCUT2D eigenvalue weighted by Crippen LogP contribution is 2.29. The Morgan fingerprint density at radius 1 is 0.951 bits per heavy atom. The second-order valence-electron chi connectivity index (χ2n) is 10.2. The molecule has 5 rings (SSSR count). The van der Waals surface area contributed by atoms with Gasteiger partial charge in [0.1, 0.15) is 0 Å². The zero-order valence-electron chi connectivity index (χ0n) is 23.4. The maximum Gasteiger partial charge on any atom is 0.254 e. The van der Waals surface area contributed by atoms with E-state index < -0.39 is 0 Å². The first-order valence-electron chi connectivity index (χ1n) is 14.0. The second-order valence-corrected chi connectivity index (χ2v) is 11.7. The number of rotatable bonds is 9. The van der Waals surface area contributed by atoms with Crippen molar-refractivity contribution < 1.29 is 9.59 Å². The van der Waals surface area contributed by atoms with Gasteiger partial charge in [-0.1, -0.05) is 60.6 Å². The molecule has 0 bridgehead atoms. The molecular weight excluding hydrogens is 554 g/mol. The number of amides is 2. The van der Waals surface area contributed by atoms with Crippen LogP contribution < -0.4 is 0 Å². The summed E-state index contributed by atoms with van der Waals surface area (Å²) >= 11 is 7.69. The maximum absolute atomic E-state index is 13.1. The first-order valence-corrected chi connectivity index (χ1v) is 15.4. The minimum absolute atomic E-state index is 0.0314. The lowest BCUT2D eigenvalue weighted by Crippen LogP contribution is -2.55. The zero-order valence-corrected chi connectivity index (χ0v) is 24.9. The molecule has 1 aromatic heterocycles. The molecule has 1 unspecified atom stereocenters. The molecule has 1 fully saturated rings. The van der Waals surface area contributed by atoms with Gasteiger partial charge in [0.25, 0.3) is 5.91 Å². The Hall–Kier alpha value is -3.62. The van der Waals surface area contributed by atoms with E-state index in [1.54, 1.807) is 11.8 Å². The van der Waals surface area contributed by atoms with Gasteiger partial charge < -0.3 is 9.80 Å². The van der Waals surface area contributed by atoms with E-state index in [9.17, 15) is 9.59 Å². The number of nitrogens with zero attached hydrogens (tertiary/aromatic N) is 5. The highest BCUT2D eigenvalue weighted by atomic mass is 35.5. The molecule has 1 saturated heterocycles. The largest absolute Gasteiger partial charge is 0.339 e. The number of aromatic nitrogens is 3. The second kappa shape index (κ2) is 13.4. The van der Waals surface area contributed by atoms with Crippen LogP contribution in [0, 0.1) is 0 Å². The SMILES string of the molecule is CCc1ccc(C(=O)N2CCN(C(=O)CCCSc3nnc(-c4ccc(Cl)cc4)n3-c3ccccc3)CC2C)cc1. The van der Waals surface area contributed by atoms with Gasteiger partial charge in [-0.3, -0.25) is 14.2 Å². The van der Waals surface area contributed by atoms with E-state index in [2.05, 4.69) is 17.1 Å². The summed E-state index contributed by atoms with van der Waals surface area (Å²) in [6.45, 7) is 5.77. The third-order valence-corrected chi connectivity index (χ3v) is 8.63. The van der Waals surface area contributed by atoms with Gasteiger partial charge in [0.05, 0.1) is 0 Å². The Bertz CT molecular complexity index is 1470. The number of para-hydroxylation sites is 1. The lowest BCUT2D eigenvalue weighted by Gasteiger charge is -2.40. The summed E-state index contributed by atoms with van der Waals surface area (Å²) in [6.07, 6.45) is 2.12. The number of aryl methyl sites for hydroxylation is 1. The smallest absolute Gasteiger partial charge is 0.254 e. The average molecular weight is 588 g/mol. The fourth-order valence-corrected chi connectivity index (χ4v) is 6.06. The standard InChI is InChI=1S/C32H34ClN5O2S/c1-3-24-11-13-26(14-12-24)31(40)37-20-19-36(22-23(37)2)29(39)10-7-21-41-32-35-34-30(25-15-17-27(33)18-16-25)38(32)28-8-5-4-6-9-28/h4-6,8-9,11-18,23H,3,7,10,19-22H2,1-2H3. The van der Waals surface area contributed by atoms with Gasteiger partial charge in [0.15, 0.2) is 11.0 Å². The van der Waals surface area contributed by atoms with E-state index in [-0.39, 0.29) is 17.9 Å². The van der Waals surface area contributed by atoms with Crippen molar-refractivity contribution >= 4 is 35.2 Å². The maximum atomic E-state index is 13.1. The van der Waals surface area contributed by atoms with E-state index in [4.69, 9.17) is 11.6 Å². The Morgan fingerprint density at radius 2 is 1.68 bits per heavy atom. The van der Waals surface area contributed by atoms with Crippen molar-refractivity contribution in [3.8, 4) is 17.1 Å². The summed E-state index contributed by atoms with van der Waals surface area (Å²) < 4.78 is 2.05. The molecule has 2 heterocycles. The summed E-state index contributed by atoms with van der Waals surface area (Å²) in [4.78, 5) is 29.9. The summed E-state index contributed by atoms with van der Waals surface area (Å²) in [5, 5.41) is 10.4. The van der Waals surface area contributed by atoms with E-state index >= 15 is 0 Å². The predicted octanol–water partition coefficient (Wildman–Crippen LogP) is 6.40. The van der Waals surface area contributed by atoms with Crippen LogP contribution in [0.1, 0.15) is 42.6 Å². The fourth-order valence-electron chi connectivity index (χ4n) is 5.04. The summed E-state index contributed by atoms with van der Waals surface area (Å²) in [5.41, 5.74) is 3.82. The van der Waals surface area contributed by atoms with Crippen LogP contribution in [-0.4, -0.2) is 67.8 Å². The van der Waals surface area contributed by atoms with Crippen molar-refractivity contribution in [3.05, 3.63) is 95.0 Å². The number of thioether (sulfide) groups is 1. The number of carbonyl (C=O) groups excluding carboxylic acids is 2. The van der Waals surface area contributed by atoms with Crippen LogP contribution in [0.25, 0.3) is 17.1 Å². The molecule has 3 aromatic carbocycles. The zero-order chi connectivity index (χ0) is 28.8. The van der Waals surface area contributed by atoms with E-state index in [1.165, 1.54) is 5.56 Å². The van der Waals surface area contributed by atoms with Gasteiger partial charge >= 0.3 is 0 Å². The Morgan fingerprint density at radius 3 is 2.37 bits per heavy atom. The molecule has 0 radical (unpaired) electrons. The van der Waals surface area contributed by atoms with E-state index in [0.29, 0.717) is 36.6 Å². The van der Waals surface area contributed by atoms with Gasteiger partial charge in [-0.2, -0.15) is 0 Å². The Labute approximate surface area is 250 Å². The lowest BCUT2D eigenvalue weighted by atomic mass is 10.1. The molecule has 0 saturated carbocycles. The van der Waals surface area contributed by atoms with Crippen molar-refractivity contribution in [1.82, 2.24) is 24.6 Å². The van der Waals surface area contributed by atoms with Crippen LogP contribution >= 0.6 is 23.4 Å². The molecule has 1 aliphatic rings. The topological polar surface area (TPSA) is 71.3 Å². The molecule has 9 heteroatoms. The third kappa shape index (κ3) is 6.82. The number of halogens is 1. The van der Waals surface area contributed by atoms with E-state index in [1.807, 2.05) is 100 Å². The number of piperazine rings is 1. The van der Waals surface area contributed by atoms with Crippen LogP contribution in [0.5, 0.6) is 0 Å². The molecule has 7 nitrogen and oxygen atoms in total. The fraction of sp³-hybridized carbons (Fsp3) is 0.312. The van der Waals surface area contributed by atoms with E-state index in [0.717, 1.165) is 40.8 Å². The highest BCUT2D eigenvalue weighted by Gasteiger charge is 2.30. The van der Waals surface area contributed by atoms with Crippen LogP contribution in [0.15, 0.2) is 84.0 Å².